The number of thioether (sulfide) groups is 1. The van der Waals surface area contributed by atoms with Crippen LogP contribution in [-0.4, -0.2) is 67.0 Å². The lowest BCUT2D eigenvalue weighted by molar-refractivity contribution is 0.214. The first kappa shape index (κ1) is 16.4. The first-order valence-corrected chi connectivity index (χ1v) is 7.72. The van der Waals surface area contributed by atoms with Gasteiger partial charge in [0.15, 0.2) is 5.96 Å². The van der Waals surface area contributed by atoms with E-state index in [0.29, 0.717) is 5.92 Å². The van der Waals surface area contributed by atoms with Crippen LogP contribution >= 0.6 is 35.7 Å². The second-order valence-electron chi connectivity index (χ2n) is 5.07. The van der Waals surface area contributed by atoms with Crippen molar-refractivity contribution in [1.29, 1.82) is 0 Å². The Balaban J connectivity index is 0.00000162. The summed E-state index contributed by atoms with van der Waals surface area (Å²) < 4.78 is 0. The Morgan fingerprint density at radius 3 is 2.72 bits per heavy atom. The van der Waals surface area contributed by atoms with Gasteiger partial charge in [0, 0.05) is 37.7 Å². The molecule has 0 bridgehead atoms. The molecule has 0 aromatic rings. The van der Waals surface area contributed by atoms with Gasteiger partial charge in [0.2, 0.25) is 0 Å². The van der Waals surface area contributed by atoms with Crippen molar-refractivity contribution in [2.75, 3.05) is 51.3 Å². The SMILES string of the molecule is CN1CCCC(CN=C(N)N2CCSCC2)C1.I. The number of hydrogen-bond acceptors (Lipinski definition) is 3. The molecule has 2 aliphatic heterocycles. The van der Waals surface area contributed by atoms with Crippen LogP contribution in [-0.2, 0) is 0 Å². The van der Waals surface area contributed by atoms with Gasteiger partial charge in [-0.3, -0.25) is 4.99 Å². The minimum Gasteiger partial charge on any atom is -0.370 e. The Kier molecular flexibility index (Phi) is 7.70. The van der Waals surface area contributed by atoms with Gasteiger partial charge in [0.05, 0.1) is 0 Å². The van der Waals surface area contributed by atoms with E-state index in [1.54, 1.807) is 0 Å². The molecule has 4 nitrogen and oxygen atoms in total. The van der Waals surface area contributed by atoms with Crippen LogP contribution in [0.4, 0.5) is 0 Å². The van der Waals surface area contributed by atoms with E-state index in [1.807, 2.05) is 11.8 Å². The van der Waals surface area contributed by atoms with Crippen molar-refractivity contribution in [2.24, 2.45) is 16.6 Å². The standard InChI is InChI=1S/C12H24N4S.HI/c1-15-4-2-3-11(10-15)9-14-12(13)16-5-7-17-8-6-16;/h11H,2-10H2,1H3,(H2,13,14);1H. The van der Waals surface area contributed by atoms with Crippen LogP contribution in [0.3, 0.4) is 0 Å². The van der Waals surface area contributed by atoms with E-state index in [1.165, 1.54) is 37.4 Å². The predicted octanol–water partition coefficient (Wildman–Crippen LogP) is 1.31. The molecule has 2 N–H and O–H groups in total. The molecule has 2 aliphatic rings. The lowest BCUT2D eigenvalue weighted by Gasteiger charge is -2.30. The minimum absolute atomic E-state index is 0. The van der Waals surface area contributed by atoms with Crippen molar-refractivity contribution in [3.63, 3.8) is 0 Å². The average molecular weight is 384 g/mol. The minimum atomic E-state index is 0. The summed E-state index contributed by atoms with van der Waals surface area (Å²) in [4.78, 5) is 9.22. The number of piperidine rings is 1. The maximum Gasteiger partial charge on any atom is 0.191 e. The summed E-state index contributed by atoms with van der Waals surface area (Å²) in [6.45, 7) is 5.43. The number of guanidine groups is 1. The van der Waals surface area contributed by atoms with E-state index < -0.39 is 0 Å². The van der Waals surface area contributed by atoms with Gasteiger partial charge in [-0.15, -0.1) is 24.0 Å². The van der Waals surface area contributed by atoms with Gasteiger partial charge in [0.1, 0.15) is 0 Å². The number of rotatable bonds is 2. The van der Waals surface area contributed by atoms with Gasteiger partial charge in [-0.05, 0) is 32.4 Å². The average Bonchev–Trinajstić information content (AvgIpc) is 2.37. The molecule has 1 unspecified atom stereocenters. The summed E-state index contributed by atoms with van der Waals surface area (Å²) in [6.07, 6.45) is 2.61. The smallest absolute Gasteiger partial charge is 0.191 e. The van der Waals surface area contributed by atoms with Crippen LogP contribution < -0.4 is 5.73 Å². The van der Waals surface area contributed by atoms with Crippen molar-refractivity contribution in [3.05, 3.63) is 0 Å². The number of nitrogens with two attached hydrogens (primary N) is 1. The lowest BCUT2D eigenvalue weighted by atomic mass is 9.99. The predicted molar refractivity (Wildman–Crippen MR) is 91.0 cm³/mol. The zero-order chi connectivity index (χ0) is 12.1. The molecule has 0 amide bonds. The van der Waals surface area contributed by atoms with E-state index in [0.717, 1.165) is 25.6 Å². The summed E-state index contributed by atoms with van der Waals surface area (Å²) in [5.74, 6) is 3.83. The third-order valence-electron chi connectivity index (χ3n) is 3.57. The zero-order valence-electron chi connectivity index (χ0n) is 11.2. The molecule has 0 aromatic carbocycles. The number of nitrogens with zero attached hydrogens (tertiary/aromatic N) is 3. The molecule has 2 saturated heterocycles. The van der Waals surface area contributed by atoms with Crippen molar-refractivity contribution in [2.45, 2.75) is 12.8 Å². The Hall–Kier alpha value is 0.310. The van der Waals surface area contributed by atoms with Crippen LogP contribution in [0, 0.1) is 5.92 Å². The van der Waals surface area contributed by atoms with Crippen molar-refractivity contribution >= 4 is 41.7 Å². The normalized spacial score (nSPS) is 26.8. The maximum atomic E-state index is 6.05. The molecule has 0 saturated carbocycles. The van der Waals surface area contributed by atoms with Gasteiger partial charge in [-0.25, -0.2) is 0 Å². The molecule has 0 radical (unpaired) electrons. The van der Waals surface area contributed by atoms with E-state index >= 15 is 0 Å². The Morgan fingerprint density at radius 2 is 2.06 bits per heavy atom. The van der Waals surface area contributed by atoms with Crippen molar-refractivity contribution in [3.8, 4) is 0 Å². The molecular formula is C12H25IN4S. The largest absolute Gasteiger partial charge is 0.370 e. The highest BCUT2D eigenvalue weighted by atomic mass is 127. The second kappa shape index (κ2) is 8.47. The summed E-state index contributed by atoms with van der Waals surface area (Å²) in [7, 11) is 2.20. The monoisotopic (exact) mass is 384 g/mol. The summed E-state index contributed by atoms with van der Waals surface area (Å²) >= 11 is 2.00. The number of hydrogen-bond donors (Lipinski definition) is 1. The van der Waals surface area contributed by atoms with Crippen molar-refractivity contribution in [1.82, 2.24) is 9.80 Å². The summed E-state index contributed by atoms with van der Waals surface area (Å²) in [6, 6.07) is 0. The molecule has 2 heterocycles. The molecule has 0 aliphatic carbocycles. The second-order valence-corrected chi connectivity index (χ2v) is 6.29. The summed E-state index contributed by atoms with van der Waals surface area (Å²) in [5, 5.41) is 0. The topological polar surface area (TPSA) is 44.9 Å². The molecule has 18 heavy (non-hydrogen) atoms. The fraction of sp³-hybridized carbons (Fsp3) is 0.917. The van der Waals surface area contributed by atoms with Gasteiger partial charge in [-0.1, -0.05) is 0 Å². The van der Waals surface area contributed by atoms with Crippen LogP contribution in [0.25, 0.3) is 0 Å². The molecule has 0 aromatic heterocycles. The van der Waals surface area contributed by atoms with E-state index in [4.69, 9.17) is 5.73 Å². The van der Waals surface area contributed by atoms with Gasteiger partial charge in [-0.2, -0.15) is 11.8 Å². The first-order chi connectivity index (χ1) is 8.25. The third kappa shape index (κ3) is 5.13. The molecule has 0 spiro atoms. The highest BCUT2D eigenvalue weighted by molar-refractivity contribution is 14.0. The van der Waals surface area contributed by atoms with Crippen LogP contribution in [0.15, 0.2) is 4.99 Å². The lowest BCUT2D eigenvalue weighted by Crippen LogP contribution is -2.43. The molecule has 2 fully saturated rings. The highest BCUT2D eigenvalue weighted by Crippen LogP contribution is 2.15. The van der Waals surface area contributed by atoms with Gasteiger partial charge in [0.25, 0.3) is 0 Å². The quantitative estimate of drug-likeness (QED) is 0.443. The highest BCUT2D eigenvalue weighted by Gasteiger charge is 2.17. The Labute approximate surface area is 132 Å². The van der Waals surface area contributed by atoms with Crippen molar-refractivity contribution < 1.29 is 0 Å². The molecule has 106 valence electrons. The van der Waals surface area contributed by atoms with Crippen LogP contribution in [0.5, 0.6) is 0 Å². The van der Waals surface area contributed by atoms with Gasteiger partial charge >= 0.3 is 0 Å². The molecule has 2 rings (SSSR count). The van der Waals surface area contributed by atoms with E-state index in [2.05, 4.69) is 21.8 Å². The Morgan fingerprint density at radius 1 is 1.33 bits per heavy atom. The maximum absolute atomic E-state index is 6.05. The first-order valence-electron chi connectivity index (χ1n) is 6.57. The molecule has 1 atom stereocenters. The Bertz CT molecular complexity index is 269. The van der Waals surface area contributed by atoms with E-state index in [9.17, 15) is 0 Å². The molecule has 6 heteroatoms. The summed E-state index contributed by atoms with van der Waals surface area (Å²) in [5.41, 5.74) is 6.05. The fourth-order valence-corrected chi connectivity index (χ4v) is 3.44. The number of likely N-dealkylation sites (tertiary alicyclic amines) is 1. The molecular weight excluding hydrogens is 359 g/mol. The third-order valence-corrected chi connectivity index (χ3v) is 4.51. The van der Waals surface area contributed by atoms with Gasteiger partial charge < -0.3 is 15.5 Å². The fourth-order valence-electron chi connectivity index (χ4n) is 2.54. The number of halogens is 1. The zero-order valence-corrected chi connectivity index (χ0v) is 14.3. The van der Waals surface area contributed by atoms with Crippen LogP contribution in [0.2, 0.25) is 0 Å². The van der Waals surface area contributed by atoms with E-state index in [-0.39, 0.29) is 24.0 Å². The number of aliphatic imine (C=N–C) groups is 1. The van der Waals surface area contributed by atoms with Crippen LogP contribution in [0.1, 0.15) is 12.8 Å².